The molecule has 0 aromatic heterocycles. The van der Waals surface area contributed by atoms with E-state index >= 15 is 0 Å². The summed E-state index contributed by atoms with van der Waals surface area (Å²) in [4.78, 5) is 0. The zero-order valence-electron chi connectivity index (χ0n) is 8.61. The number of hydrogen-bond acceptors (Lipinski definition) is 1. The van der Waals surface area contributed by atoms with E-state index in [0.717, 1.165) is 12.1 Å². The Labute approximate surface area is 90.8 Å². The minimum atomic E-state index is -4.52. The average Bonchev–Trinajstić information content (AvgIpc) is 2.19. The van der Waals surface area contributed by atoms with Gasteiger partial charge in [0.2, 0.25) is 0 Å². The van der Waals surface area contributed by atoms with Crippen molar-refractivity contribution in [2.24, 2.45) is 0 Å². The van der Waals surface area contributed by atoms with Crippen LogP contribution in [0.15, 0.2) is 30.9 Å². The van der Waals surface area contributed by atoms with Gasteiger partial charge in [-0.3, -0.25) is 0 Å². The number of hydrogen-bond donors (Lipinski definition) is 1. The second kappa shape index (κ2) is 4.55. The Morgan fingerprint density at radius 3 is 2.44 bits per heavy atom. The van der Waals surface area contributed by atoms with Gasteiger partial charge < -0.3 is 5.32 Å². The second-order valence-corrected chi connectivity index (χ2v) is 3.36. The molecule has 0 aliphatic heterocycles. The molecule has 0 bridgehead atoms. The first-order valence-corrected chi connectivity index (χ1v) is 4.60. The fraction of sp³-hybridized carbons (Fsp3) is 0.273. The second-order valence-electron chi connectivity index (χ2n) is 3.36. The Morgan fingerprint density at radius 2 is 2.00 bits per heavy atom. The minimum absolute atomic E-state index is 0.0281. The van der Waals surface area contributed by atoms with Crippen molar-refractivity contribution in [2.75, 3.05) is 5.32 Å². The zero-order valence-corrected chi connectivity index (χ0v) is 8.61. The average molecular weight is 233 g/mol. The standard InChI is InChI=1S/C11H11F4N/c1-3-7(2)16-10-5-4-8(6-9(10)12)11(13,14)15/h3-7,16H,1H2,2H3. The predicted octanol–water partition coefficient (Wildman–Crippen LogP) is 3.83. The summed E-state index contributed by atoms with van der Waals surface area (Å²) in [6.07, 6.45) is -3.00. The normalized spacial score (nSPS) is 13.3. The Morgan fingerprint density at radius 1 is 1.38 bits per heavy atom. The third kappa shape index (κ3) is 2.98. The van der Waals surface area contributed by atoms with Gasteiger partial charge in [0.25, 0.3) is 0 Å². The van der Waals surface area contributed by atoms with E-state index in [-0.39, 0.29) is 11.7 Å². The van der Waals surface area contributed by atoms with Crippen LogP contribution in [0.3, 0.4) is 0 Å². The molecule has 0 amide bonds. The summed E-state index contributed by atoms with van der Waals surface area (Å²) in [5.74, 6) is -0.927. The van der Waals surface area contributed by atoms with Gasteiger partial charge in [0.1, 0.15) is 5.82 Å². The van der Waals surface area contributed by atoms with Gasteiger partial charge in [-0.1, -0.05) is 6.08 Å². The van der Waals surface area contributed by atoms with E-state index in [1.807, 2.05) is 0 Å². The number of benzene rings is 1. The molecule has 0 saturated heterocycles. The fourth-order valence-corrected chi connectivity index (χ4v) is 1.11. The van der Waals surface area contributed by atoms with Gasteiger partial charge in [-0.25, -0.2) is 4.39 Å². The molecule has 1 aromatic carbocycles. The molecular formula is C11H11F4N. The van der Waals surface area contributed by atoms with Crippen LogP contribution in [0.1, 0.15) is 12.5 Å². The van der Waals surface area contributed by atoms with Crippen molar-refractivity contribution in [3.05, 3.63) is 42.2 Å². The van der Waals surface area contributed by atoms with E-state index in [1.165, 1.54) is 6.08 Å². The molecule has 0 fully saturated rings. The molecule has 1 nitrogen and oxygen atoms in total. The van der Waals surface area contributed by atoms with Crippen molar-refractivity contribution < 1.29 is 17.6 Å². The van der Waals surface area contributed by atoms with Crippen molar-refractivity contribution in [3.8, 4) is 0 Å². The van der Waals surface area contributed by atoms with Crippen LogP contribution < -0.4 is 5.32 Å². The van der Waals surface area contributed by atoms with Crippen molar-refractivity contribution in [1.82, 2.24) is 0 Å². The van der Waals surface area contributed by atoms with Crippen molar-refractivity contribution in [1.29, 1.82) is 0 Å². The van der Waals surface area contributed by atoms with E-state index in [4.69, 9.17) is 0 Å². The molecule has 0 saturated carbocycles. The monoisotopic (exact) mass is 233 g/mol. The van der Waals surface area contributed by atoms with Gasteiger partial charge in [0.15, 0.2) is 0 Å². The Bertz CT molecular complexity index is 384. The maximum Gasteiger partial charge on any atom is 0.416 e. The fourth-order valence-electron chi connectivity index (χ4n) is 1.11. The lowest BCUT2D eigenvalue weighted by molar-refractivity contribution is -0.137. The molecule has 0 heterocycles. The number of nitrogens with one attached hydrogen (secondary N) is 1. The lowest BCUT2D eigenvalue weighted by atomic mass is 10.2. The Hall–Kier alpha value is -1.52. The molecule has 1 N–H and O–H groups in total. The van der Waals surface area contributed by atoms with Gasteiger partial charge in [-0.2, -0.15) is 13.2 Å². The number of anilines is 1. The van der Waals surface area contributed by atoms with Crippen LogP contribution in [0.4, 0.5) is 23.2 Å². The summed E-state index contributed by atoms with van der Waals surface area (Å²) < 4.78 is 50.0. The van der Waals surface area contributed by atoms with Crippen LogP contribution in [0.5, 0.6) is 0 Å². The van der Waals surface area contributed by atoms with E-state index in [9.17, 15) is 17.6 Å². The van der Waals surface area contributed by atoms with Crippen molar-refractivity contribution >= 4 is 5.69 Å². The largest absolute Gasteiger partial charge is 0.416 e. The summed E-state index contributed by atoms with van der Waals surface area (Å²) in [5.41, 5.74) is -0.970. The minimum Gasteiger partial charge on any atom is -0.377 e. The first-order valence-electron chi connectivity index (χ1n) is 4.60. The van der Waals surface area contributed by atoms with Gasteiger partial charge in [-0.05, 0) is 25.1 Å². The Balaban J connectivity index is 2.96. The van der Waals surface area contributed by atoms with Crippen LogP contribution in [0.25, 0.3) is 0 Å². The highest BCUT2D eigenvalue weighted by atomic mass is 19.4. The van der Waals surface area contributed by atoms with Crippen LogP contribution in [0.2, 0.25) is 0 Å². The molecule has 1 rings (SSSR count). The topological polar surface area (TPSA) is 12.0 Å². The number of rotatable bonds is 3. The summed E-state index contributed by atoms with van der Waals surface area (Å²) in [6, 6.07) is 2.16. The quantitative estimate of drug-likeness (QED) is 0.618. The molecule has 1 aromatic rings. The Kier molecular flexibility index (Phi) is 3.57. The molecule has 1 unspecified atom stereocenters. The SMILES string of the molecule is C=CC(C)Nc1ccc(C(F)(F)F)cc1F. The van der Waals surface area contributed by atoms with E-state index in [1.54, 1.807) is 6.92 Å². The van der Waals surface area contributed by atoms with Gasteiger partial charge in [-0.15, -0.1) is 6.58 Å². The van der Waals surface area contributed by atoms with Crippen molar-refractivity contribution in [2.45, 2.75) is 19.1 Å². The first kappa shape index (κ1) is 12.5. The van der Waals surface area contributed by atoms with Gasteiger partial charge >= 0.3 is 6.18 Å². The first-order chi connectivity index (χ1) is 7.34. The van der Waals surface area contributed by atoms with E-state index in [2.05, 4.69) is 11.9 Å². The molecule has 0 aliphatic rings. The summed E-state index contributed by atoms with van der Waals surface area (Å²) in [6.45, 7) is 5.19. The maximum absolute atomic E-state index is 13.3. The highest BCUT2D eigenvalue weighted by Crippen LogP contribution is 2.31. The highest BCUT2D eigenvalue weighted by Gasteiger charge is 2.31. The molecular weight excluding hydrogens is 222 g/mol. The third-order valence-electron chi connectivity index (χ3n) is 2.03. The maximum atomic E-state index is 13.3. The molecule has 0 aliphatic carbocycles. The van der Waals surface area contributed by atoms with Crippen LogP contribution in [-0.4, -0.2) is 6.04 Å². The van der Waals surface area contributed by atoms with Gasteiger partial charge in [0.05, 0.1) is 11.3 Å². The molecule has 16 heavy (non-hydrogen) atoms. The third-order valence-corrected chi connectivity index (χ3v) is 2.03. The summed E-state index contributed by atoms with van der Waals surface area (Å²) in [7, 11) is 0. The van der Waals surface area contributed by atoms with E-state index in [0.29, 0.717) is 6.07 Å². The van der Waals surface area contributed by atoms with Crippen LogP contribution >= 0.6 is 0 Å². The van der Waals surface area contributed by atoms with Crippen LogP contribution in [-0.2, 0) is 6.18 Å². The predicted molar refractivity (Wildman–Crippen MR) is 54.7 cm³/mol. The molecule has 5 heteroatoms. The summed E-state index contributed by atoms with van der Waals surface area (Å²) >= 11 is 0. The molecule has 0 radical (unpaired) electrons. The smallest absolute Gasteiger partial charge is 0.377 e. The highest BCUT2D eigenvalue weighted by molar-refractivity contribution is 5.48. The lowest BCUT2D eigenvalue weighted by Gasteiger charge is -2.13. The van der Waals surface area contributed by atoms with Crippen molar-refractivity contribution in [3.63, 3.8) is 0 Å². The van der Waals surface area contributed by atoms with Crippen LogP contribution in [0, 0.1) is 5.82 Å². The zero-order chi connectivity index (χ0) is 12.3. The van der Waals surface area contributed by atoms with E-state index < -0.39 is 17.6 Å². The number of alkyl halides is 3. The molecule has 88 valence electrons. The number of halogens is 4. The summed E-state index contributed by atoms with van der Waals surface area (Å²) in [5, 5.41) is 2.68. The molecule has 0 spiro atoms. The molecule has 1 atom stereocenters. The van der Waals surface area contributed by atoms with Gasteiger partial charge in [0, 0.05) is 6.04 Å². The lowest BCUT2D eigenvalue weighted by Crippen LogP contribution is -2.13.